The number of nitrogens with zero attached hydrogens (tertiary/aromatic N) is 3. The molecule has 0 fully saturated rings. The Hall–Kier alpha value is -2.69. The van der Waals surface area contributed by atoms with Gasteiger partial charge in [0, 0.05) is 12.7 Å². The van der Waals surface area contributed by atoms with Crippen molar-refractivity contribution in [2.45, 2.75) is 13.3 Å². The second kappa shape index (κ2) is 5.36. The highest BCUT2D eigenvalue weighted by molar-refractivity contribution is 5.87. The quantitative estimate of drug-likeness (QED) is 0.800. The van der Waals surface area contributed by atoms with Crippen molar-refractivity contribution in [2.24, 2.45) is 0 Å². The number of hydrogen-bond acceptors (Lipinski definition) is 4. The molecule has 0 spiro atoms. The van der Waals surface area contributed by atoms with E-state index < -0.39 is 0 Å². The Balaban J connectivity index is 2.43. The van der Waals surface area contributed by atoms with E-state index in [1.807, 2.05) is 49.4 Å². The first-order chi connectivity index (χ1) is 10.2. The van der Waals surface area contributed by atoms with Crippen LogP contribution in [-0.2, 0) is 6.42 Å². The van der Waals surface area contributed by atoms with Gasteiger partial charge >= 0.3 is 5.69 Å². The molecular formula is C16H16N4O. The fourth-order valence-electron chi connectivity index (χ4n) is 2.34. The number of rotatable bonds is 3. The zero-order valence-electron chi connectivity index (χ0n) is 12.0. The zero-order valence-corrected chi connectivity index (χ0v) is 12.0. The van der Waals surface area contributed by atoms with Crippen LogP contribution in [0.4, 0.5) is 5.82 Å². The topological polar surface area (TPSA) is 59.8 Å². The predicted octanol–water partition coefficient (Wildman–Crippen LogP) is 2.38. The average molecular weight is 280 g/mol. The SMILES string of the molecule is CCc1ccc2c(NC)nc(=O)n(-c3ccccc3)c2n1. The van der Waals surface area contributed by atoms with Gasteiger partial charge in [0.05, 0.1) is 11.1 Å². The molecule has 0 unspecified atom stereocenters. The number of benzene rings is 1. The van der Waals surface area contributed by atoms with Crippen molar-refractivity contribution in [3.63, 3.8) is 0 Å². The van der Waals surface area contributed by atoms with E-state index in [2.05, 4.69) is 15.3 Å². The molecular weight excluding hydrogens is 264 g/mol. The molecule has 0 aliphatic carbocycles. The summed E-state index contributed by atoms with van der Waals surface area (Å²) in [6.07, 6.45) is 0.816. The molecule has 0 amide bonds. The van der Waals surface area contributed by atoms with Crippen LogP contribution in [0.2, 0.25) is 0 Å². The van der Waals surface area contributed by atoms with Gasteiger partial charge in [-0.15, -0.1) is 0 Å². The molecule has 0 radical (unpaired) electrons. The van der Waals surface area contributed by atoms with E-state index in [4.69, 9.17) is 0 Å². The average Bonchev–Trinajstić information content (AvgIpc) is 2.54. The highest BCUT2D eigenvalue weighted by Gasteiger charge is 2.12. The fraction of sp³-hybridized carbons (Fsp3) is 0.188. The Morgan fingerprint density at radius 1 is 1.10 bits per heavy atom. The van der Waals surface area contributed by atoms with E-state index in [1.54, 1.807) is 11.6 Å². The number of para-hydroxylation sites is 1. The maximum absolute atomic E-state index is 12.4. The molecule has 1 N–H and O–H groups in total. The van der Waals surface area contributed by atoms with E-state index in [9.17, 15) is 4.79 Å². The van der Waals surface area contributed by atoms with E-state index in [1.165, 1.54) is 0 Å². The van der Waals surface area contributed by atoms with Crippen molar-refractivity contribution in [1.82, 2.24) is 14.5 Å². The molecule has 0 saturated heterocycles. The highest BCUT2D eigenvalue weighted by Crippen LogP contribution is 2.20. The smallest absolute Gasteiger partial charge is 0.355 e. The van der Waals surface area contributed by atoms with Crippen molar-refractivity contribution >= 4 is 16.9 Å². The van der Waals surface area contributed by atoms with Gasteiger partial charge in [-0.2, -0.15) is 4.98 Å². The first-order valence-corrected chi connectivity index (χ1v) is 6.90. The molecule has 2 aromatic heterocycles. The van der Waals surface area contributed by atoms with Gasteiger partial charge in [0.15, 0.2) is 5.65 Å². The summed E-state index contributed by atoms with van der Waals surface area (Å²) in [6, 6.07) is 13.4. The Labute approximate surface area is 122 Å². The van der Waals surface area contributed by atoms with Crippen LogP contribution < -0.4 is 11.0 Å². The van der Waals surface area contributed by atoms with Crippen molar-refractivity contribution in [3.8, 4) is 5.69 Å². The second-order valence-corrected chi connectivity index (χ2v) is 4.69. The van der Waals surface area contributed by atoms with E-state index >= 15 is 0 Å². The molecule has 106 valence electrons. The maximum Gasteiger partial charge on any atom is 0.355 e. The summed E-state index contributed by atoms with van der Waals surface area (Å²) < 4.78 is 1.55. The summed E-state index contributed by atoms with van der Waals surface area (Å²) >= 11 is 0. The summed E-state index contributed by atoms with van der Waals surface area (Å²) in [5.41, 5.74) is 2.01. The van der Waals surface area contributed by atoms with E-state index in [-0.39, 0.29) is 5.69 Å². The molecule has 5 nitrogen and oxygen atoms in total. The van der Waals surface area contributed by atoms with Crippen LogP contribution in [-0.4, -0.2) is 21.6 Å². The van der Waals surface area contributed by atoms with Gasteiger partial charge in [-0.05, 0) is 30.7 Å². The molecule has 5 heteroatoms. The molecule has 0 aliphatic rings. The lowest BCUT2D eigenvalue weighted by atomic mass is 10.2. The predicted molar refractivity (Wildman–Crippen MR) is 84.1 cm³/mol. The van der Waals surface area contributed by atoms with E-state index in [0.717, 1.165) is 23.2 Å². The van der Waals surface area contributed by atoms with Crippen LogP contribution in [0.1, 0.15) is 12.6 Å². The summed E-state index contributed by atoms with van der Waals surface area (Å²) in [4.78, 5) is 21.1. The lowest BCUT2D eigenvalue weighted by Gasteiger charge is -2.12. The van der Waals surface area contributed by atoms with Crippen LogP contribution in [0.3, 0.4) is 0 Å². The standard InChI is InChI=1S/C16H16N4O/c1-3-11-9-10-13-14(17-2)19-16(21)20(15(13)18-11)12-7-5-4-6-8-12/h4-10H,3H2,1-2H3,(H,17,19,21). The number of nitrogens with one attached hydrogen (secondary N) is 1. The summed E-state index contributed by atoms with van der Waals surface area (Å²) in [5, 5.41) is 3.79. The molecule has 21 heavy (non-hydrogen) atoms. The van der Waals surface area contributed by atoms with Gasteiger partial charge in [-0.25, -0.2) is 14.3 Å². The maximum atomic E-state index is 12.4. The number of fused-ring (bicyclic) bond motifs is 1. The number of hydrogen-bond donors (Lipinski definition) is 1. The molecule has 1 aromatic carbocycles. The van der Waals surface area contributed by atoms with Gasteiger partial charge in [0.2, 0.25) is 0 Å². The van der Waals surface area contributed by atoms with Crippen molar-refractivity contribution < 1.29 is 0 Å². The van der Waals surface area contributed by atoms with E-state index in [0.29, 0.717) is 11.5 Å². The second-order valence-electron chi connectivity index (χ2n) is 4.69. The summed E-state index contributed by atoms with van der Waals surface area (Å²) in [5.74, 6) is 0.553. The Morgan fingerprint density at radius 3 is 2.52 bits per heavy atom. The van der Waals surface area contributed by atoms with Crippen LogP contribution in [0.5, 0.6) is 0 Å². The van der Waals surface area contributed by atoms with Crippen molar-refractivity contribution in [2.75, 3.05) is 12.4 Å². The third kappa shape index (κ3) is 2.27. The molecule has 0 bridgehead atoms. The highest BCUT2D eigenvalue weighted by atomic mass is 16.1. The first-order valence-electron chi connectivity index (χ1n) is 6.90. The largest absolute Gasteiger partial charge is 0.372 e. The zero-order chi connectivity index (χ0) is 14.8. The molecule has 2 heterocycles. The minimum Gasteiger partial charge on any atom is -0.372 e. The van der Waals surface area contributed by atoms with Gasteiger partial charge in [-0.3, -0.25) is 0 Å². The summed E-state index contributed by atoms with van der Waals surface area (Å²) in [7, 11) is 1.75. The summed E-state index contributed by atoms with van der Waals surface area (Å²) in [6.45, 7) is 2.04. The molecule has 0 aliphatic heterocycles. The van der Waals surface area contributed by atoms with Gasteiger partial charge in [0.25, 0.3) is 0 Å². The minimum atomic E-state index is -0.334. The van der Waals surface area contributed by atoms with Gasteiger partial charge in [0.1, 0.15) is 5.82 Å². The van der Waals surface area contributed by atoms with Crippen LogP contribution >= 0.6 is 0 Å². The third-order valence-corrected chi connectivity index (χ3v) is 3.41. The molecule has 0 saturated carbocycles. The van der Waals surface area contributed by atoms with Crippen molar-refractivity contribution in [3.05, 3.63) is 58.6 Å². The first kappa shape index (κ1) is 13.3. The molecule has 3 rings (SSSR count). The monoisotopic (exact) mass is 280 g/mol. The van der Waals surface area contributed by atoms with Crippen LogP contribution in [0.15, 0.2) is 47.3 Å². The van der Waals surface area contributed by atoms with Gasteiger partial charge in [-0.1, -0.05) is 25.1 Å². The Bertz CT molecular complexity index is 840. The number of aryl methyl sites for hydroxylation is 1. The number of anilines is 1. The van der Waals surface area contributed by atoms with Gasteiger partial charge < -0.3 is 5.32 Å². The van der Waals surface area contributed by atoms with Crippen LogP contribution in [0.25, 0.3) is 16.7 Å². The molecule has 3 aromatic rings. The van der Waals surface area contributed by atoms with Crippen LogP contribution in [0, 0.1) is 0 Å². The number of pyridine rings is 1. The number of aromatic nitrogens is 3. The normalized spacial score (nSPS) is 10.8. The Kier molecular flexibility index (Phi) is 3.39. The Morgan fingerprint density at radius 2 is 1.86 bits per heavy atom. The van der Waals surface area contributed by atoms with Crippen molar-refractivity contribution in [1.29, 1.82) is 0 Å². The lowest BCUT2D eigenvalue weighted by Crippen LogP contribution is -2.24. The fourth-order valence-corrected chi connectivity index (χ4v) is 2.34. The molecule has 0 atom stereocenters. The third-order valence-electron chi connectivity index (χ3n) is 3.41. The lowest BCUT2D eigenvalue weighted by molar-refractivity contribution is 0.927. The minimum absolute atomic E-state index is 0.334.